The minimum absolute atomic E-state index is 0.176. The van der Waals surface area contributed by atoms with Gasteiger partial charge in [0.1, 0.15) is 6.61 Å². The molecule has 0 aliphatic rings. The highest BCUT2D eigenvalue weighted by Crippen LogP contribution is 1.90. The summed E-state index contributed by atoms with van der Waals surface area (Å²) in [6.07, 6.45) is 1.55. The van der Waals surface area contributed by atoms with Gasteiger partial charge >= 0.3 is 14.7 Å². The Bertz CT molecular complexity index is 156. The van der Waals surface area contributed by atoms with Gasteiger partial charge in [0.25, 0.3) is 0 Å². The summed E-state index contributed by atoms with van der Waals surface area (Å²) in [6.45, 7) is 8.32. The molecule has 5 heteroatoms. The molecule has 0 bridgehead atoms. The fourth-order valence-electron chi connectivity index (χ4n) is 0.0929. The molecule has 0 aliphatic carbocycles. The van der Waals surface area contributed by atoms with Crippen LogP contribution in [-0.4, -0.2) is 17.7 Å². The Kier molecular flexibility index (Phi) is 11.3. The van der Waals surface area contributed by atoms with E-state index in [0.29, 0.717) is 6.61 Å². The Hall–Kier alpha value is -0.990. The van der Waals surface area contributed by atoms with E-state index in [1.54, 1.807) is 6.08 Å². The Morgan fingerprint density at radius 2 is 2.17 bits per heavy atom. The Balaban J connectivity index is 0. The van der Waals surface area contributed by atoms with Crippen LogP contribution in [-0.2, 0) is 13.9 Å². The van der Waals surface area contributed by atoms with Crippen LogP contribution in [0.15, 0.2) is 24.8 Å². The van der Waals surface area contributed by atoms with Crippen LogP contribution < -0.4 is 0 Å². The zero-order valence-corrected chi connectivity index (χ0v) is 7.87. The molecule has 0 aromatic carbocycles. The van der Waals surface area contributed by atoms with Gasteiger partial charge < -0.3 is 5.11 Å². The maximum Gasteiger partial charge on any atom is 0.494 e. The molecule has 0 aromatic rings. The van der Waals surface area contributed by atoms with Gasteiger partial charge in [0.2, 0.25) is 0 Å². The number of hydrogen-bond acceptors (Lipinski definition) is 3. The molecule has 0 saturated carbocycles. The molecule has 4 nitrogen and oxygen atoms in total. The normalized spacial score (nSPS) is 8.08. The van der Waals surface area contributed by atoms with Crippen LogP contribution in [0.25, 0.3) is 0 Å². The van der Waals surface area contributed by atoms with E-state index in [1.807, 2.05) is 0 Å². The lowest BCUT2D eigenvalue weighted by Crippen LogP contribution is -1.92. The first-order chi connectivity index (χ1) is 5.56. The maximum absolute atomic E-state index is 9.60. The van der Waals surface area contributed by atoms with Crippen LogP contribution in [0.1, 0.15) is 6.92 Å². The van der Waals surface area contributed by atoms with Crippen molar-refractivity contribution in [3.63, 3.8) is 0 Å². The highest BCUT2D eigenvalue weighted by molar-refractivity contribution is 7.17. The van der Waals surface area contributed by atoms with E-state index in [4.69, 9.17) is 5.11 Å². The molecule has 0 aliphatic heterocycles. The third-order valence-corrected chi connectivity index (χ3v) is 0.910. The number of rotatable bonds is 4. The molecular formula is C7H12O4P+. The minimum atomic E-state index is -0.935. The zero-order chi connectivity index (χ0) is 9.98. The summed E-state index contributed by atoms with van der Waals surface area (Å²) in [6, 6.07) is 0. The summed E-state index contributed by atoms with van der Waals surface area (Å²) in [5, 5.41) is 7.89. The maximum atomic E-state index is 9.60. The Morgan fingerprint density at radius 3 is 2.25 bits per heavy atom. The second-order valence-corrected chi connectivity index (χ2v) is 2.22. The third-order valence-electron chi connectivity index (χ3n) is 0.625. The first-order valence-electron chi connectivity index (χ1n) is 3.04. The minimum Gasteiger partial charge on any atom is -0.478 e. The fourth-order valence-corrected chi connectivity index (χ4v) is 0.279. The van der Waals surface area contributed by atoms with Crippen LogP contribution in [0.2, 0.25) is 0 Å². The second-order valence-electron chi connectivity index (χ2n) is 1.77. The molecule has 1 N–H and O–H groups in total. The van der Waals surface area contributed by atoms with Gasteiger partial charge in [0.15, 0.2) is 0 Å². The summed E-state index contributed by atoms with van der Waals surface area (Å²) in [4.78, 5) is 9.60. The van der Waals surface area contributed by atoms with E-state index in [9.17, 15) is 9.36 Å². The molecule has 0 spiro atoms. The van der Waals surface area contributed by atoms with Crippen molar-refractivity contribution in [1.29, 1.82) is 0 Å². The molecule has 68 valence electrons. The van der Waals surface area contributed by atoms with Crippen LogP contribution in [0, 0.1) is 0 Å². The highest BCUT2D eigenvalue weighted by Gasteiger charge is 1.90. The summed E-state index contributed by atoms with van der Waals surface area (Å²) >= 11 is 0. The fraction of sp³-hybridized carbons (Fsp3) is 0.286. The van der Waals surface area contributed by atoms with Gasteiger partial charge in [-0.15, -0.1) is 11.1 Å². The first kappa shape index (κ1) is 13.6. The number of carboxylic acids is 1. The topological polar surface area (TPSA) is 63.6 Å². The second kappa shape index (κ2) is 10.0. The Morgan fingerprint density at radius 1 is 1.75 bits per heavy atom. The van der Waals surface area contributed by atoms with Gasteiger partial charge in [-0.25, -0.2) is 4.79 Å². The summed E-state index contributed by atoms with van der Waals surface area (Å²) in [5.74, 6) is -0.935. The quantitative estimate of drug-likeness (QED) is 0.318. The number of aliphatic carboxylic acids is 1. The monoisotopic (exact) mass is 191 g/mol. The molecule has 1 unspecified atom stereocenters. The van der Waals surface area contributed by atoms with Crippen molar-refractivity contribution < 1.29 is 19.0 Å². The van der Waals surface area contributed by atoms with Gasteiger partial charge in [-0.1, -0.05) is 12.7 Å². The van der Waals surface area contributed by atoms with E-state index in [2.05, 4.69) is 17.7 Å². The largest absolute Gasteiger partial charge is 0.494 e. The van der Waals surface area contributed by atoms with Gasteiger partial charge in [0, 0.05) is 5.57 Å². The van der Waals surface area contributed by atoms with Crippen molar-refractivity contribution in [3.8, 4) is 0 Å². The van der Waals surface area contributed by atoms with Gasteiger partial charge in [-0.3, -0.25) is 0 Å². The molecule has 0 radical (unpaired) electrons. The first-order valence-corrected chi connectivity index (χ1v) is 3.86. The predicted octanol–water partition coefficient (Wildman–Crippen LogP) is 1.78. The molecule has 0 rings (SSSR count). The van der Waals surface area contributed by atoms with E-state index in [-0.39, 0.29) is 5.57 Å². The summed E-state index contributed by atoms with van der Waals surface area (Å²) in [7, 11) is -0.657. The van der Waals surface area contributed by atoms with Crippen molar-refractivity contribution in [2.45, 2.75) is 6.92 Å². The van der Waals surface area contributed by atoms with Gasteiger partial charge in [-0.2, -0.15) is 0 Å². The standard InChI is InChI=1S/C4H6O2.C3H6O2P/c1-3(2)4(5)6;1-2-3-5-6-4/h1H2,2H3,(H,5,6);2,6H,1,3H2/q;+1. The molecule has 0 heterocycles. The summed E-state index contributed by atoms with van der Waals surface area (Å²) in [5.41, 5.74) is 0.176. The number of carbonyl (C=O) groups is 1. The average Bonchev–Trinajstić information content (AvgIpc) is 2.02. The van der Waals surface area contributed by atoms with Crippen LogP contribution in [0.4, 0.5) is 0 Å². The molecule has 0 amide bonds. The van der Waals surface area contributed by atoms with E-state index in [1.165, 1.54) is 6.92 Å². The molecule has 0 aromatic heterocycles. The predicted molar refractivity (Wildman–Crippen MR) is 47.6 cm³/mol. The lowest BCUT2D eigenvalue weighted by atomic mass is 10.4. The van der Waals surface area contributed by atoms with E-state index in [0.717, 1.165) is 0 Å². The lowest BCUT2D eigenvalue weighted by molar-refractivity contribution is -0.132. The number of hydrogen-bond donors (Lipinski definition) is 1. The smallest absolute Gasteiger partial charge is 0.478 e. The van der Waals surface area contributed by atoms with Crippen LogP contribution in [0.5, 0.6) is 0 Å². The highest BCUT2D eigenvalue weighted by atomic mass is 31.1. The van der Waals surface area contributed by atoms with Crippen molar-refractivity contribution in [2.24, 2.45) is 0 Å². The van der Waals surface area contributed by atoms with Gasteiger partial charge in [0.05, 0.1) is 0 Å². The molecule has 1 atom stereocenters. The molecule has 0 fully saturated rings. The molecular weight excluding hydrogens is 179 g/mol. The van der Waals surface area contributed by atoms with E-state index >= 15 is 0 Å². The average molecular weight is 191 g/mol. The number of carboxylic acid groups (broad SMARTS) is 1. The zero-order valence-electron chi connectivity index (χ0n) is 6.87. The molecule has 12 heavy (non-hydrogen) atoms. The van der Waals surface area contributed by atoms with Crippen molar-refractivity contribution in [3.05, 3.63) is 24.8 Å². The van der Waals surface area contributed by atoms with Crippen molar-refractivity contribution >= 4 is 14.7 Å². The van der Waals surface area contributed by atoms with Crippen molar-refractivity contribution in [1.82, 2.24) is 0 Å². The van der Waals surface area contributed by atoms with Crippen LogP contribution >= 0.6 is 8.69 Å². The molecule has 0 saturated heterocycles. The van der Waals surface area contributed by atoms with Gasteiger partial charge in [-0.05, 0) is 11.5 Å². The Labute approximate surface area is 72.8 Å². The van der Waals surface area contributed by atoms with Crippen molar-refractivity contribution in [2.75, 3.05) is 6.61 Å². The lowest BCUT2D eigenvalue weighted by Gasteiger charge is -1.79. The summed E-state index contributed by atoms with van der Waals surface area (Å²) < 4.78 is 13.8. The van der Waals surface area contributed by atoms with Crippen LogP contribution in [0.3, 0.4) is 0 Å². The SMILES string of the molecule is C=C(C)C(=O)O.C=CCO[PH+]=O. The third kappa shape index (κ3) is 16.0. The van der Waals surface area contributed by atoms with E-state index < -0.39 is 14.7 Å².